The number of carbonyl (C=O) groups is 2. The molecule has 0 aliphatic carbocycles. The number of carbonyl (C=O) groups excluding carboxylic acids is 2. The molecule has 2 N–H and O–H groups in total. The normalized spacial score (nSPS) is 14.0. The number of anilines is 1. The van der Waals surface area contributed by atoms with Crippen LogP contribution in [-0.4, -0.2) is 23.5 Å². The van der Waals surface area contributed by atoms with Crippen LogP contribution in [0.2, 0.25) is 0 Å². The van der Waals surface area contributed by atoms with Crippen molar-refractivity contribution in [3.8, 4) is 0 Å². The first-order valence-electron chi connectivity index (χ1n) is 8.05. The quantitative estimate of drug-likeness (QED) is 0.886. The summed E-state index contributed by atoms with van der Waals surface area (Å²) in [6.07, 6.45) is 1.47. The molecule has 2 amide bonds. The standard InChI is InChI=1S/C19H20N2O3/c22-13-16-5-2-1-4-15(16)12-20-19(24)14-7-9-17(10-8-14)21-11-3-6-18(21)23/h1-2,4-5,7-10,22H,3,6,11-13H2,(H,20,24). The Hall–Kier alpha value is -2.66. The van der Waals surface area contributed by atoms with E-state index in [1.54, 1.807) is 29.2 Å². The van der Waals surface area contributed by atoms with Gasteiger partial charge in [0.1, 0.15) is 0 Å². The molecule has 3 rings (SSSR count). The maximum Gasteiger partial charge on any atom is 0.251 e. The summed E-state index contributed by atoms with van der Waals surface area (Å²) in [6, 6.07) is 14.5. The summed E-state index contributed by atoms with van der Waals surface area (Å²) in [5.41, 5.74) is 3.08. The summed E-state index contributed by atoms with van der Waals surface area (Å²) in [5, 5.41) is 12.2. The van der Waals surface area contributed by atoms with E-state index in [1.807, 2.05) is 24.3 Å². The molecule has 0 spiro atoms. The average Bonchev–Trinajstić information content (AvgIpc) is 3.06. The lowest BCUT2D eigenvalue weighted by Gasteiger charge is -2.16. The number of nitrogens with one attached hydrogen (secondary N) is 1. The first-order valence-corrected chi connectivity index (χ1v) is 8.05. The Kier molecular flexibility index (Phi) is 4.91. The Morgan fingerprint density at radius 2 is 1.79 bits per heavy atom. The number of rotatable bonds is 5. The molecule has 5 nitrogen and oxygen atoms in total. The number of benzene rings is 2. The third-order valence-electron chi connectivity index (χ3n) is 4.24. The molecule has 0 unspecified atom stereocenters. The van der Waals surface area contributed by atoms with Gasteiger partial charge in [-0.3, -0.25) is 9.59 Å². The van der Waals surface area contributed by atoms with Crippen LogP contribution in [0, 0.1) is 0 Å². The first-order chi connectivity index (χ1) is 11.7. The van der Waals surface area contributed by atoms with Gasteiger partial charge in [0, 0.05) is 30.8 Å². The van der Waals surface area contributed by atoms with Crippen LogP contribution in [0.3, 0.4) is 0 Å². The Balaban J connectivity index is 1.64. The first kappa shape index (κ1) is 16.2. The van der Waals surface area contributed by atoms with E-state index in [1.165, 1.54) is 0 Å². The highest BCUT2D eigenvalue weighted by Gasteiger charge is 2.21. The van der Waals surface area contributed by atoms with Crippen molar-refractivity contribution in [1.82, 2.24) is 5.32 Å². The molecule has 1 fully saturated rings. The van der Waals surface area contributed by atoms with Crippen molar-refractivity contribution < 1.29 is 14.7 Å². The third kappa shape index (κ3) is 3.46. The summed E-state index contributed by atoms with van der Waals surface area (Å²) >= 11 is 0. The molecule has 2 aromatic rings. The second kappa shape index (κ2) is 7.27. The summed E-state index contributed by atoms with van der Waals surface area (Å²) in [4.78, 5) is 25.7. The minimum atomic E-state index is -0.179. The molecule has 0 saturated carbocycles. The Labute approximate surface area is 140 Å². The zero-order chi connectivity index (χ0) is 16.9. The minimum absolute atomic E-state index is 0.0510. The fourth-order valence-corrected chi connectivity index (χ4v) is 2.88. The smallest absolute Gasteiger partial charge is 0.251 e. The van der Waals surface area contributed by atoms with Gasteiger partial charge in [0.2, 0.25) is 5.91 Å². The van der Waals surface area contributed by atoms with Gasteiger partial charge in [-0.15, -0.1) is 0 Å². The molecule has 24 heavy (non-hydrogen) atoms. The molecule has 0 radical (unpaired) electrons. The van der Waals surface area contributed by atoms with E-state index in [9.17, 15) is 14.7 Å². The van der Waals surface area contributed by atoms with Crippen molar-refractivity contribution in [3.05, 3.63) is 65.2 Å². The van der Waals surface area contributed by atoms with Crippen molar-refractivity contribution in [2.45, 2.75) is 26.0 Å². The van der Waals surface area contributed by atoms with Crippen LogP contribution >= 0.6 is 0 Å². The van der Waals surface area contributed by atoms with Gasteiger partial charge in [-0.05, 0) is 41.8 Å². The number of hydrogen-bond donors (Lipinski definition) is 2. The highest BCUT2D eigenvalue weighted by Crippen LogP contribution is 2.21. The van der Waals surface area contributed by atoms with E-state index in [4.69, 9.17) is 0 Å². The molecule has 5 heteroatoms. The summed E-state index contributed by atoms with van der Waals surface area (Å²) in [6.45, 7) is 1.05. The van der Waals surface area contributed by atoms with Crippen molar-refractivity contribution >= 4 is 17.5 Å². The van der Waals surface area contributed by atoms with Crippen molar-refractivity contribution in [3.63, 3.8) is 0 Å². The van der Waals surface area contributed by atoms with Crippen molar-refractivity contribution in [2.24, 2.45) is 0 Å². The maximum atomic E-state index is 12.3. The lowest BCUT2D eigenvalue weighted by molar-refractivity contribution is -0.117. The SMILES string of the molecule is O=C(NCc1ccccc1CO)c1ccc(N2CCCC2=O)cc1. The predicted octanol–water partition coefficient (Wildman–Crippen LogP) is 2.24. The number of amides is 2. The molecule has 0 bridgehead atoms. The highest BCUT2D eigenvalue weighted by molar-refractivity contribution is 5.97. The van der Waals surface area contributed by atoms with E-state index >= 15 is 0 Å². The number of aliphatic hydroxyl groups is 1. The molecular weight excluding hydrogens is 304 g/mol. The lowest BCUT2D eigenvalue weighted by atomic mass is 10.1. The average molecular weight is 324 g/mol. The van der Waals surface area contributed by atoms with Crippen LogP contribution in [0.15, 0.2) is 48.5 Å². The van der Waals surface area contributed by atoms with E-state index in [-0.39, 0.29) is 18.4 Å². The zero-order valence-corrected chi connectivity index (χ0v) is 13.4. The molecule has 124 valence electrons. The molecule has 1 aliphatic heterocycles. The van der Waals surface area contributed by atoms with Crippen LogP contribution in [0.5, 0.6) is 0 Å². The van der Waals surface area contributed by atoms with Crippen molar-refractivity contribution in [2.75, 3.05) is 11.4 Å². The molecule has 0 atom stereocenters. The second-order valence-electron chi connectivity index (χ2n) is 5.81. The van der Waals surface area contributed by atoms with E-state index in [2.05, 4.69) is 5.32 Å². The molecule has 1 heterocycles. The summed E-state index contributed by atoms with van der Waals surface area (Å²) in [5.74, 6) is -0.0464. The fraction of sp³-hybridized carbons (Fsp3) is 0.263. The number of aliphatic hydroxyl groups excluding tert-OH is 1. The number of nitrogens with zero attached hydrogens (tertiary/aromatic N) is 1. The van der Waals surface area contributed by atoms with Gasteiger partial charge in [0.15, 0.2) is 0 Å². The van der Waals surface area contributed by atoms with Gasteiger partial charge < -0.3 is 15.3 Å². The highest BCUT2D eigenvalue weighted by atomic mass is 16.3. The molecule has 0 aromatic heterocycles. The van der Waals surface area contributed by atoms with E-state index in [0.29, 0.717) is 18.5 Å². The number of hydrogen-bond acceptors (Lipinski definition) is 3. The van der Waals surface area contributed by atoms with Gasteiger partial charge in [-0.2, -0.15) is 0 Å². The fourth-order valence-electron chi connectivity index (χ4n) is 2.88. The van der Waals surface area contributed by atoms with Crippen LogP contribution < -0.4 is 10.2 Å². The van der Waals surface area contributed by atoms with E-state index in [0.717, 1.165) is 29.8 Å². The van der Waals surface area contributed by atoms with Crippen LogP contribution in [0.1, 0.15) is 34.3 Å². The van der Waals surface area contributed by atoms with Gasteiger partial charge in [-0.25, -0.2) is 0 Å². The predicted molar refractivity (Wildman–Crippen MR) is 91.6 cm³/mol. The Bertz CT molecular complexity index is 741. The second-order valence-corrected chi connectivity index (χ2v) is 5.81. The lowest BCUT2D eigenvalue weighted by Crippen LogP contribution is -2.25. The van der Waals surface area contributed by atoms with Gasteiger partial charge in [0.05, 0.1) is 6.61 Å². The van der Waals surface area contributed by atoms with Crippen LogP contribution in [0.4, 0.5) is 5.69 Å². The molecule has 2 aromatic carbocycles. The monoisotopic (exact) mass is 324 g/mol. The van der Waals surface area contributed by atoms with Gasteiger partial charge >= 0.3 is 0 Å². The third-order valence-corrected chi connectivity index (χ3v) is 4.24. The molecule has 1 aliphatic rings. The topological polar surface area (TPSA) is 69.6 Å². The molecule has 1 saturated heterocycles. The zero-order valence-electron chi connectivity index (χ0n) is 13.4. The summed E-state index contributed by atoms with van der Waals surface area (Å²) in [7, 11) is 0. The Morgan fingerprint density at radius 1 is 1.08 bits per heavy atom. The van der Waals surface area contributed by atoms with Gasteiger partial charge in [-0.1, -0.05) is 24.3 Å². The van der Waals surface area contributed by atoms with Crippen LogP contribution in [0.25, 0.3) is 0 Å². The minimum Gasteiger partial charge on any atom is -0.392 e. The maximum absolute atomic E-state index is 12.3. The summed E-state index contributed by atoms with van der Waals surface area (Å²) < 4.78 is 0. The van der Waals surface area contributed by atoms with Crippen LogP contribution in [-0.2, 0) is 17.9 Å². The van der Waals surface area contributed by atoms with Gasteiger partial charge in [0.25, 0.3) is 5.91 Å². The van der Waals surface area contributed by atoms with Crippen molar-refractivity contribution in [1.29, 1.82) is 0 Å². The van der Waals surface area contributed by atoms with E-state index < -0.39 is 0 Å². The largest absolute Gasteiger partial charge is 0.392 e. The Morgan fingerprint density at radius 3 is 2.42 bits per heavy atom. The molecular formula is C19H20N2O3.